The number of H-pyrrole nitrogens is 1. The number of hydrogen-bond donors (Lipinski definition) is 2. The number of nitrogens with one attached hydrogen (secondary N) is 1. The number of ether oxygens (including phenoxy) is 1. The van der Waals surface area contributed by atoms with Gasteiger partial charge in [-0.25, -0.2) is 19.3 Å². The van der Waals surface area contributed by atoms with Crippen molar-refractivity contribution in [2.75, 3.05) is 31.1 Å². The number of thiazole rings is 1. The van der Waals surface area contributed by atoms with Gasteiger partial charge in [0.1, 0.15) is 23.3 Å². The Hall–Kier alpha value is -3.67. The van der Waals surface area contributed by atoms with Crippen molar-refractivity contribution in [3.8, 4) is 11.3 Å². The maximum Gasteiger partial charge on any atom is 0.404 e. The van der Waals surface area contributed by atoms with Gasteiger partial charge >= 0.3 is 6.09 Å². The summed E-state index contributed by atoms with van der Waals surface area (Å²) in [6.45, 7) is 12.5. The number of aromatic amines is 1. The Morgan fingerprint density at radius 3 is 2.76 bits per heavy atom. The molecule has 1 aliphatic rings. The molecular formula is C25H32N8O3S. The number of hydrogen-bond acceptors (Lipinski definition) is 8. The number of nitrogens with zero attached hydrogens (tertiary/aromatic N) is 6. The highest BCUT2D eigenvalue weighted by Gasteiger charge is 2.30. The van der Waals surface area contributed by atoms with E-state index in [1.54, 1.807) is 17.7 Å². The lowest BCUT2D eigenvalue weighted by atomic mass is 9.96. The molecular weight excluding hydrogens is 492 g/mol. The summed E-state index contributed by atoms with van der Waals surface area (Å²) in [4.78, 5) is 41.6. The molecule has 11 nitrogen and oxygen atoms in total. The van der Waals surface area contributed by atoms with Gasteiger partial charge in [0, 0.05) is 43.0 Å². The third-order valence-electron chi connectivity index (χ3n) is 7.14. The van der Waals surface area contributed by atoms with Crippen LogP contribution in [0, 0.1) is 13.8 Å². The number of fused-ring (bicyclic) bond motifs is 2. The summed E-state index contributed by atoms with van der Waals surface area (Å²) >= 11 is 1.65. The Morgan fingerprint density at radius 2 is 2.05 bits per heavy atom. The summed E-state index contributed by atoms with van der Waals surface area (Å²) in [7, 11) is 0. The van der Waals surface area contributed by atoms with Crippen molar-refractivity contribution in [3.05, 3.63) is 29.2 Å². The van der Waals surface area contributed by atoms with Gasteiger partial charge in [0.25, 0.3) is 0 Å². The van der Waals surface area contributed by atoms with Crippen LogP contribution >= 0.6 is 11.3 Å². The molecule has 4 aromatic heterocycles. The molecule has 1 fully saturated rings. The molecule has 1 atom stereocenters. The van der Waals surface area contributed by atoms with Crippen molar-refractivity contribution < 1.29 is 14.3 Å². The van der Waals surface area contributed by atoms with E-state index < -0.39 is 6.09 Å². The zero-order valence-corrected chi connectivity index (χ0v) is 22.6. The highest BCUT2D eigenvalue weighted by Crippen LogP contribution is 2.41. The largest absolute Gasteiger partial charge is 0.449 e. The summed E-state index contributed by atoms with van der Waals surface area (Å²) < 4.78 is 6.54. The molecule has 1 aliphatic heterocycles. The van der Waals surface area contributed by atoms with Crippen molar-refractivity contribution in [1.29, 1.82) is 0 Å². The second-order valence-corrected chi connectivity index (χ2v) is 10.8. The third-order valence-corrected chi connectivity index (χ3v) is 8.15. The number of anilines is 1. The second kappa shape index (κ2) is 9.66. The minimum absolute atomic E-state index is 0.00310. The molecule has 0 bridgehead atoms. The molecule has 0 spiro atoms. The van der Waals surface area contributed by atoms with Crippen LogP contribution in [0.4, 0.5) is 9.93 Å². The number of primary amides is 1. The first-order chi connectivity index (χ1) is 17.7. The lowest BCUT2D eigenvalue weighted by molar-refractivity contribution is -0.132. The summed E-state index contributed by atoms with van der Waals surface area (Å²) in [6.07, 6.45) is 2.90. The predicted molar refractivity (Wildman–Crippen MR) is 143 cm³/mol. The monoisotopic (exact) mass is 524 g/mol. The van der Waals surface area contributed by atoms with E-state index in [0.717, 1.165) is 37.9 Å². The number of aryl methyl sites for hydroxylation is 1. The lowest BCUT2D eigenvalue weighted by Gasteiger charge is -2.39. The van der Waals surface area contributed by atoms with Gasteiger partial charge in [0.05, 0.1) is 12.1 Å². The SMILES string of the molecule is Cc1c(-c2[nH]c3sc(N4CCN(C(=O)CCOC(N)=O)C[C@H]4C)nc3c2C(C)C)cn2ncnc2c1C. The van der Waals surface area contributed by atoms with Crippen LogP contribution in [0.25, 0.3) is 27.3 Å². The van der Waals surface area contributed by atoms with E-state index in [0.29, 0.717) is 19.6 Å². The molecule has 5 heterocycles. The van der Waals surface area contributed by atoms with Crippen molar-refractivity contribution >= 4 is 44.5 Å². The molecule has 2 amide bonds. The van der Waals surface area contributed by atoms with E-state index >= 15 is 0 Å². The minimum Gasteiger partial charge on any atom is -0.449 e. The topological polar surface area (TPSA) is 135 Å². The van der Waals surface area contributed by atoms with Crippen molar-refractivity contribution in [2.24, 2.45) is 5.73 Å². The smallest absolute Gasteiger partial charge is 0.404 e. The van der Waals surface area contributed by atoms with E-state index in [-0.39, 0.29) is 30.9 Å². The fourth-order valence-corrected chi connectivity index (χ4v) is 6.21. The quantitative estimate of drug-likeness (QED) is 0.393. The number of pyridine rings is 1. The van der Waals surface area contributed by atoms with Gasteiger partial charge in [-0.05, 0) is 37.8 Å². The fraction of sp³-hybridized carbons (Fsp3) is 0.480. The molecule has 1 saturated heterocycles. The molecule has 0 aliphatic carbocycles. The van der Waals surface area contributed by atoms with Crippen LogP contribution in [0.5, 0.6) is 0 Å². The van der Waals surface area contributed by atoms with Crippen LogP contribution < -0.4 is 10.6 Å². The normalized spacial score (nSPS) is 16.3. The maximum atomic E-state index is 12.5. The van der Waals surface area contributed by atoms with Crippen LogP contribution in [0.15, 0.2) is 12.5 Å². The Kier molecular flexibility index (Phi) is 6.52. The van der Waals surface area contributed by atoms with E-state index in [2.05, 4.69) is 54.6 Å². The highest BCUT2D eigenvalue weighted by molar-refractivity contribution is 7.21. The number of piperazine rings is 1. The Morgan fingerprint density at radius 1 is 1.27 bits per heavy atom. The van der Waals surface area contributed by atoms with Gasteiger partial charge in [0.15, 0.2) is 10.8 Å². The summed E-state index contributed by atoms with van der Waals surface area (Å²) in [5.41, 5.74) is 12.5. The number of nitrogens with two attached hydrogens (primary N) is 1. The Bertz CT molecular complexity index is 1490. The van der Waals surface area contributed by atoms with Gasteiger partial charge in [0.2, 0.25) is 5.91 Å². The number of carbonyl (C=O) groups excluding carboxylic acids is 2. The Balaban J connectivity index is 1.41. The number of amides is 2. The molecule has 4 aromatic rings. The number of carbonyl (C=O) groups is 2. The zero-order valence-electron chi connectivity index (χ0n) is 21.7. The molecule has 0 aromatic carbocycles. The summed E-state index contributed by atoms with van der Waals surface area (Å²) in [6, 6.07) is 0.103. The average molecular weight is 525 g/mol. The van der Waals surface area contributed by atoms with Crippen molar-refractivity contribution in [1.82, 2.24) is 29.5 Å². The molecule has 0 radical (unpaired) electrons. The van der Waals surface area contributed by atoms with E-state index in [4.69, 9.17) is 15.5 Å². The summed E-state index contributed by atoms with van der Waals surface area (Å²) in [5.74, 6) is 0.222. The molecule has 3 N–H and O–H groups in total. The van der Waals surface area contributed by atoms with Gasteiger partial charge in [-0.1, -0.05) is 25.2 Å². The van der Waals surface area contributed by atoms with Crippen LogP contribution in [0.2, 0.25) is 0 Å². The molecule has 0 unspecified atom stereocenters. The second-order valence-electron chi connectivity index (χ2n) is 9.86. The first-order valence-electron chi connectivity index (χ1n) is 12.4. The molecule has 5 rings (SSSR count). The molecule has 196 valence electrons. The lowest BCUT2D eigenvalue weighted by Crippen LogP contribution is -2.54. The third kappa shape index (κ3) is 4.50. The number of rotatable bonds is 6. The predicted octanol–water partition coefficient (Wildman–Crippen LogP) is 3.60. The Labute approximate surface area is 218 Å². The van der Waals surface area contributed by atoms with Crippen LogP contribution in [0.3, 0.4) is 0 Å². The first kappa shape index (κ1) is 25.0. The van der Waals surface area contributed by atoms with E-state index in [9.17, 15) is 9.59 Å². The molecule has 0 saturated carbocycles. The van der Waals surface area contributed by atoms with Crippen molar-refractivity contribution in [3.63, 3.8) is 0 Å². The van der Waals surface area contributed by atoms with Crippen LogP contribution in [0.1, 0.15) is 49.8 Å². The first-order valence-corrected chi connectivity index (χ1v) is 13.3. The van der Waals surface area contributed by atoms with Crippen LogP contribution in [-0.4, -0.2) is 73.7 Å². The highest BCUT2D eigenvalue weighted by atomic mass is 32.1. The van der Waals surface area contributed by atoms with Gasteiger partial charge in [-0.15, -0.1) is 0 Å². The number of aromatic nitrogens is 5. The van der Waals surface area contributed by atoms with E-state index in [1.807, 2.05) is 15.6 Å². The average Bonchev–Trinajstić information content (AvgIpc) is 3.55. The summed E-state index contributed by atoms with van der Waals surface area (Å²) in [5, 5.41) is 5.32. The van der Waals surface area contributed by atoms with Gasteiger partial charge < -0.3 is 25.3 Å². The molecule has 37 heavy (non-hydrogen) atoms. The van der Waals surface area contributed by atoms with E-state index in [1.165, 1.54) is 11.1 Å². The van der Waals surface area contributed by atoms with Crippen molar-refractivity contribution in [2.45, 2.75) is 53.0 Å². The fourth-order valence-electron chi connectivity index (χ4n) is 5.09. The maximum absolute atomic E-state index is 12.5. The van der Waals surface area contributed by atoms with Gasteiger partial charge in [-0.3, -0.25) is 4.79 Å². The standard InChI is InChI=1S/C25H32N8O3S/c1-13(2)19-20(17-11-33-22(27-12-28-33)16(5)15(17)4)29-23-21(19)30-25(37-23)32-8-7-31(10-14(32)3)18(34)6-9-36-24(26)35/h11-14,29H,6-10H2,1-5H3,(H2,26,35)/t14-/m1/s1. The minimum atomic E-state index is -0.862. The zero-order chi connectivity index (χ0) is 26.4. The van der Waals surface area contributed by atoms with Crippen LogP contribution in [-0.2, 0) is 9.53 Å². The van der Waals surface area contributed by atoms with Gasteiger partial charge in [-0.2, -0.15) is 5.10 Å². The molecule has 12 heteroatoms.